The number of hydrogen-bond acceptors (Lipinski definition) is 5. The monoisotopic (exact) mass is 709 g/mol. The molecule has 2 unspecified atom stereocenters. The molecular weight excluding hydrogens is 669 g/mol. The number of para-hydroxylation sites is 1. The van der Waals surface area contributed by atoms with E-state index in [1.54, 1.807) is 13.8 Å². The summed E-state index contributed by atoms with van der Waals surface area (Å²) in [6, 6.07) is 4.94. The fraction of sp³-hybridized carbons (Fsp3) is 0.471. The molecule has 266 valence electrons. The Hall–Kier alpha value is -4.27. The van der Waals surface area contributed by atoms with Crippen LogP contribution in [-0.4, -0.2) is 45.7 Å². The molecule has 4 rings (SSSR count). The minimum absolute atomic E-state index is 0.0115. The van der Waals surface area contributed by atoms with E-state index in [-0.39, 0.29) is 41.1 Å². The van der Waals surface area contributed by atoms with E-state index in [1.165, 1.54) is 12.1 Å². The molecular formula is C34H40F5N5O4S. The van der Waals surface area contributed by atoms with Gasteiger partial charge in [0.15, 0.2) is 5.72 Å². The molecule has 9 nitrogen and oxygen atoms in total. The van der Waals surface area contributed by atoms with Gasteiger partial charge in [-0.3, -0.25) is 9.59 Å². The predicted octanol–water partition coefficient (Wildman–Crippen LogP) is 5.97. The molecule has 0 fully saturated rings. The molecule has 0 spiro atoms. The number of aryl methyl sites for hydroxylation is 1. The predicted molar refractivity (Wildman–Crippen MR) is 177 cm³/mol. The van der Waals surface area contributed by atoms with Crippen molar-refractivity contribution in [2.45, 2.75) is 90.2 Å². The van der Waals surface area contributed by atoms with E-state index in [0.717, 1.165) is 24.3 Å². The summed E-state index contributed by atoms with van der Waals surface area (Å²) >= 11 is 5.15. The van der Waals surface area contributed by atoms with Gasteiger partial charge in [0.2, 0.25) is 11.8 Å². The van der Waals surface area contributed by atoms with Crippen LogP contribution >= 0.6 is 12.2 Å². The number of carbonyl (C=O) groups excluding carboxylic acids is 3. The van der Waals surface area contributed by atoms with E-state index in [9.17, 15) is 36.3 Å². The molecule has 1 aliphatic rings. The molecule has 0 saturated carbocycles. The van der Waals surface area contributed by atoms with E-state index in [4.69, 9.17) is 22.7 Å². The number of fused-ring (bicyclic) bond motifs is 3. The van der Waals surface area contributed by atoms with Gasteiger partial charge in [-0.2, -0.15) is 13.2 Å². The zero-order valence-electron chi connectivity index (χ0n) is 27.5. The zero-order valence-corrected chi connectivity index (χ0v) is 28.3. The number of benzene rings is 2. The lowest BCUT2D eigenvalue weighted by atomic mass is 9.87. The minimum Gasteiger partial charge on any atom is -0.423 e. The van der Waals surface area contributed by atoms with Crippen molar-refractivity contribution in [2.75, 3.05) is 0 Å². The fourth-order valence-corrected chi connectivity index (χ4v) is 6.34. The summed E-state index contributed by atoms with van der Waals surface area (Å²) in [7, 11) is 0. The number of aromatic amines is 1. The molecule has 49 heavy (non-hydrogen) atoms. The van der Waals surface area contributed by atoms with Crippen molar-refractivity contribution in [1.82, 2.24) is 20.9 Å². The molecule has 3 aromatic rings. The second-order valence-corrected chi connectivity index (χ2v) is 13.0. The summed E-state index contributed by atoms with van der Waals surface area (Å²) in [6.45, 7) is 7.16. The Morgan fingerprint density at radius 1 is 1.00 bits per heavy atom. The molecule has 3 amide bonds. The lowest BCUT2D eigenvalue weighted by Crippen LogP contribution is -2.62. The first-order chi connectivity index (χ1) is 23.0. The van der Waals surface area contributed by atoms with Crippen molar-refractivity contribution in [3.63, 3.8) is 0 Å². The number of halogens is 5. The number of hydrogen-bond donors (Lipinski definition) is 5. The minimum atomic E-state index is -4.65. The Balaban J connectivity index is 1.69. The van der Waals surface area contributed by atoms with E-state index < -0.39 is 77.0 Å². The van der Waals surface area contributed by atoms with Crippen LogP contribution in [0.3, 0.4) is 0 Å². The third-order valence-electron chi connectivity index (χ3n) is 9.22. The first-order valence-electron chi connectivity index (χ1n) is 16.0. The van der Waals surface area contributed by atoms with Gasteiger partial charge in [-0.05, 0) is 42.0 Å². The summed E-state index contributed by atoms with van der Waals surface area (Å²) in [5, 5.41) is 8.23. The number of rotatable bonds is 12. The number of aromatic nitrogens is 1. The number of amides is 3. The number of ether oxygens (including phenoxy) is 1. The maximum atomic E-state index is 14.3. The third kappa shape index (κ3) is 8.49. The van der Waals surface area contributed by atoms with Crippen LogP contribution in [0.2, 0.25) is 0 Å². The highest BCUT2D eigenvalue weighted by atomic mass is 32.1. The van der Waals surface area contributed by atoms with Gasteiger partial charge in [-0.1, -0.05) is 71.0 Å². The first-order valence-corrected chi connectivity index (χ1v) is 16.4. The van der Waals surface area contributed by atoms with Crippen molar-refractivity contribution in [3.05, 3.63) is 70.4 Å². The number of alkyl carbamates (subject to hydrolysis) is 1. The maximum absolute atomic E-state index is 14.3. The van der Waals surface area contributed by atoms with Crippen LogP contribution in [0.15, 0.2) is 36.4 Å². The standard InChI is InChI=1S/C34H40F5N5O4S/c1-5-17(3)27(30(40)49)43-32(47)48-33(14-13-25-21(16-33)19-9-7-10-22(29(19)41-25)34(37,38)39)44-31(46)28(18(4)6-2)42-26(45)15-20-23(35)11-8-12-24(20)36/h7-12,17-18,27-28,41H,5-6,13-16H2,1-4H3,(H2,40,49)(H,42,45)(H,43,47)(H,44,46)/t17-,18?,27?,28-,33+/m0/s1. The molecule has 1 aliphatic carbocycles. The summed E-state index contributed by atoms with van der Waals surface area (Å²) in [6.07, 6.45) is -5.47. The molecule has 5 atom stereocenters. The summed E-state index contributed by atoms with van der Waals surface area (Å²) in [5.74, 6) is -4.10. The maximum Gasteiger partial charge on any atom is 0.418 e. The van der Waals surface area contributed by atoms with Crippen LogP contribution in [0.1, 0.15) is 69.3 Å². The molecule has 1 heterocycles. The van der Waals surface area contributed by atoms with Crippen molar-refractivity contribution >= 4 is 46.0 Å². The highest BCUT2D eigenvalue weighted by molar-refractivity contribution is 7.80. The summed E-state index contributed by atoms with van der Waals surface area (Å²) < 4.78 is 76.2. The quantitative estimate of drug-likeness (QED) is 0.0894. The van der Waals surface area contributed by atoms with Gasteiger partial charge in [0.1, 0.15) is 17.7 Å². The Labute approximate surface area is 285 Å². The highest BCUT2D eigenvalue weighted by Crippen LogP contribution is 2.40. The lowest BCUT2D eigenvalue weighted by Gasteiger charge is -2.39. The lowest BCUT2D eigenvalue weighted by molar-refractivity contribution is -0.137. The summed E-state index contributed by atoms with van der Waals surface area (Å²) in [5.41, 5.74) is 3.52. The Morgan fingerprint density at radius 3 is 2.20 bits per heavy atom. The van der Waals surface area contributed by atoms with Gasteiger partial charge in [-0.15, -0.1) is 0 Å². The van der Waals surface area contributed by atoms with E-state index in [2.05, 4.69) is 20.9 Å². The first kappa shape index (κ1) is 37.5. The molecule has 6 N–H and O–H groups in total. The van der Waals surface area contributed by atoms with Gasteiger partial charge in [0, 0.05) is 29.5 Å². The molecule has 2 aromatic carbocycles. The van der Waals surface area contributed by atoms with Crippen LogP contribution in [-0.2, 0) is 39.8 Å². The second-order valence-electron chi connectivity index (χ2n) is 12.6. The average Bonchev–Trinajstić information content (AvgIpc) is 3.40. The SMILES string of the molecule is CCC(C)[C@H](NC(=O)Cc1c(F)cccc1F)C(=O)N[C@@]1(OC(=O)NC(C(N)=S)[C@@H](C)CC)CCc2[nH]c3c(C(F)(F)F)cccc3c2C1. The van der Waals surface area contributed by atoms with Crippen molar-refractivity contribution in [3.8, 4) is 0 Å². The fourth-order valence-electron chi connectivity index (χ4n) is 6.05. The van der Waals surface area contributed by atoms with Crippen LogP contribution in [0.5, 0.6) is 0 Å². The molecule has 0 saturated heterocycles. The number of alkyl halides is 3. The van der Waals surface area contributed by atoms with Crippen molar-refractivity contribution < 1.29 is 41.1 Å². The van der Waals surface area contributed by atoms with Crippen LogP contribution in [0.25, 0.3) is 10.9 Å². The van der Waals surface area contributed by atoms with E-state index >= 15 is 0 Å². The van der Waals surface area contributed by atoms with Gasteiger partial charge in [0.05, 0.1) is 28.5 Å². The van der Waals surface area contributed by atoms with Crippen LogP contribution in [0.4, 0.5) is 26.7 Å². The molecule has 0 radical (unpaired) electrons. The number of nitrogens with two attached hydrogens (primary N) is 1. The topological polar surface area (TPSA) is 138 Å². The smallest absolute Gasteiger partial charge is 0.418 e. The number of carbonyl (C=O) groups is 3. The van der Waals surface area contributed by atoms with Gasteiger partial charge in [-0.25, -0.2) is 13.6 Å². The number of H-pyrrole nitrogens is 1. The van der Waals surface area contributed by atoms with E-state index in [0.29, 0.717) is 24.1 Å². The Kier molecular flexibility index (Phi) is 11.6. The molecule has 1 aromatic heterocycles. The Bertz CT molecular complexity index is 1710. The second kappa shape index (κ2) is 15.1. The van der Waals surface area contributed by atoms with Crippen LogP contribution in [0, 0.1) is 23.5 Å². The van der Waals surface area contributed by atoms with Crippen molar-refractivity contribution in [1.29, 1.82) is 0 Å². The largest absolute Gasteiger partial charge is 0.423 e. The van der Waals surface area contributed by atoms with Crippen molar-refractivity contribution in [2.24, 2.45) is 17.6 Å². The molecule has 0 aliphatic heterocycles. The van der Waals surface area contributed by atoms with E-state index in [1.807, 2.05) is 13.8 Å². The average molecular weight is 710 g/mol. The van der Waals surface area contributed by atoms with Gasteiger partial charge >= 0.3 is 12.3 Å². The third-order valence-corrected chi connectivity index (χ3v) is 9.47. The normalized spacial score (nSPS) is 18.5. The summed E-state index contributed by atoms with van der Waals surface area (Å²) in [4.78, 5) is 43.4. The Morgan fingerprint density at radius 2 is 1.61 bits per heavy atom. The molecule has 0 bridgehead atoms. The van der Waals surface area contributed by atoms with Gasteiger partial charge in [0.25, 0.3) is 0 Å². The van der Waals surface area contributed by atoms with Gasteiger partial charge < -0.3 is 31.4 Å². The highest BCUT2D eigenvalue weighted by Gasteiger charge is 2.44. The number of thiocarbonyl (C=S) groups is 1. The van der Waals surface area contributed by atoms with Crippen LogP contribution < -0.4 is 21.7 Å². The number of nitrogens with one attached hydrogen (secondary N) is 4. The molecule has 15 heteroatoms. The zero-order chi connectivity index (χ0) is 36.3.